The molecule has 0 heterocycles. The molecule has 0 amide bonds. The topological polar surface area (TPSA) is 26.0 Å². The van der Waals surface area contributed by atoms with Crippen LogP contribution in [0.4, 0.5) is 13.2 Å². The molecule has 1 aliphatic rings. The predicted molar refractivity (Wildman–Crippen MR) is 31.4 cm³/mol. The van der Waals surface area contributed by atoms with Crippen molar-refractivity contribution in [2.24, 2.45) is 11.7 Å². The molecular formula is C6H10F3N. The summed E-state index contributed by atoms with van der Waals surface area (Å²) >= 11 is 0. The lowest BCUT2D eigenvalue weighted by molar-refractivity contribution is -0.149. The van der Waals surface area contributed by atoms with Gasteiger partial charge in [-0.05, 0) is 12.3 Å². The van der Waals surface area contributed by atoms with Crippen molar-refractivity contribution in [2.45, 2.75) is 31.5 Å². The van der Waals surface area contributed by atoms with Gasteiger partial charge in [-0.2, -0.15) is 13.2 Å². The van der Waals surface area contributed by atoms with Gasteiger partial charge in [-0.15, -0.1) is 0 Å². The molecule has 0 unspecified atom stereocenters. The number of hydrogen-bond acceptors (Lipinski definition) is 1. The molecule has 60 valence electrons. The molecule has 0 bridgehead atoms. The summed E-state index contributed by atoms with van der Waals surface area (Å²) in [5.74, 6) is 0.247. The van der Waals surface area contributed by atoms with E-state index in [2.05, 4.69) is 0 Å². The van der Waals surface area contributed by atoms with Crippen LogP contribution >= 0.6 is 0 Å². The molecule has 1 aliphatic carbocycles. The molecule has 0 aromatic heterocycles. The zero-order chi connectivity index (χ0) is 7.78. The first-order valence-corrected chi connectivity index (χ1v) is 3.32. The first kappa shape index (κ1) is 7.85. The van der Waals surface area contributed by atoms with Crippen LogP contribution < -0.4 is 5.73 Å². The monoisotopic (exact) mass is 153 g/mol. The van der Waals surface area contributed by atoms with Crippen molar-refractivity contribution >= 4 is 0 Å². The number of hydrogen-bond donors (Lipinski definition) is 1. The molecular weight excluding hydrogens is 143 g/mol. The van der Waals surface area contributed by atoms with Crippen LogP contribution in [0.5, 0.6) is 0 Å². The average Bonchev–Trinajstić information content (AvgIpc) is 2.47. The average molecular weight is 153 g/mol. The van der Waals surface area contributed by atoms with Crippen LogP contribution in [-0.4, -0.2) is 12.2 Å². The van der Waals surface area contributed by atoms with E-state index in [1.54, 1.807) is 0 Å². The maximum absolute atomic E-state index is 11.7. The van der Waals surface area contributed by atoms with Crippen molar-refractivity contribution in [3.63, 3.8) is 0 Å². The molecule has 2 N–H and O–H groups in total. The van der Waals surface area contributed by atoms with Gasteiger partial charge in [0, 0.05) is 0 Å². The van der Waals surface area contributed by atoms with Crippen molar-refractivity contribution in [1.82, 2.24) is 0 Å². The van der Waals surface area contributed by atoms with Crippen LogP contribution in [0.25, 0.3) is 0 Å². The molecule has 1 nitrogen and oxygen atoms in total. The number of nitrogens with two attached hydrogens (primary N) is 1. The molecule has 0 saturated heterocycles. The Hall–Kier alpha value is -0.250. The van der Waals surface area contributed by atoms with E-state index in [0.717, 1.165) is 12.8 Å². The fourth-order valence-electron chi connectivity index (χ4n) is 0.846. The third-order valence-electron chi connectivity index (χ3n) is 1.70. The van der Waals surface area contributed by atoms with Gasteiger partial charge in [-0.25, -0.2) is 0 Å². The highest BCUT2D eigenvalue weighted by atomic mass is 19.4. The minimum Gasteiger partial charge on any atom is -0.320 e. The van der Waals surface area contributed by atoms with Gasteiger partial charge in [-0.1, -0.05) is 12.8 Å². The van der Waals surface area contributed by atoms with Crippen molar-refractivity contribution in [2.75, 3.05) is 0 Å². The van der Waals surface area contributed by atoms with Crippen LogP contribution in [0.15, 0.2) is 0 Å². The van der Waals surface area contributed by atoms with Gasteiger partial charge < -0.3 is 5.73 Å². The zero-order valence-corrected chi connectivity index (χ0v) is 5.49. The van der Waals surface area contributed by atoms with Crippen molar-refractivity contribution in [3.05, 3.63) is 0 Å². The van der Waals surface area contributed by atoms with Gasteiger partial charge in [0.05, 0.1) is 0 Å². The minimum atomic E-state index is -4.19. The molecule has 0 radical (unpaired) electrons. The normalized spacial score (nSPS) is 22.8. The zero-order valence-electron chi connectivity index (χ0n) is 5.49. The van der Waals surface area contributed by atoms with Gasteiger partial charge in [-0.3, -0.25) is 0 Å². The van der Waals surface area contributed by atoms with Crippen molar-refractivity contribution in [3.8, 4) is 0 Å². The molecule has 1 rings (SSSR count). The van der Waals surface area contributed by atoms with Crippen LogP contribution in [0.3, 0.4) is 0 Å². The standard InChI is InChI=1S/C6H10F3N/c7-6(8,9)5(10)3-4-1-2-4/h4-5H,1-3,10H2/t5-/m0/s1. The fourth-order valence-corrected chi connectivity index (χ4v) is 0.846. The van der Waals surface area contributed by atoms with Gasteiger partial charge in [0.2, 0.25) is 0 Å². The molecule has 1 saturated carbocycles. The maximum Gasteiger partial charge on any atom is 0.403 e. The summed E-state index contributed by atoms with van der Waals surface area (Å²) < 4.78 is 35.1. The van der Waals surface area contributed by atoms with Gasteiger partial charge in [0.25, 0.3) is 0 Å². The quantitative estimate of drug-likeness (QED) is 0.641. The summed E-state index contributed by atoms with van der Waals surface area (Å²) in [6.45, 7) is 0. The van der Waals surface area contributed by atoms with Gasteiger partial charge >= 0.3 is 6.18 Å². The van der Waals surface area contributed by atoms with E-state index in [4.69, 9.17) is 5.73 Å². The fraction of sp³-hybridized carbons (Fsp3) is 1.00. The summed E-state index contributed by atoms with van der Waals surface area (Å²) in [5, 5.41) is 0. The second-order valence-corrected chi connectivity index (χ2v) is 2.83. The molecule has 0 aliphatic heterocycles. The van der Waals surface area contributed by atoms with E-state index in [9.17, 15) is 13.2 Å². The van der Waals surface area contributed by atoms with E-state index in [-0.39, 0.29) is 12.3 Å². The van der Waals surface area contributed by atoms with Crippen molar-refractivity contribution in [1.29, 1.82) is 0 Å². The van der Waals surface area contributed by atoms with E-state index >= 15 is 0 Å². The van der Waals surface area contributed by atoms with E-state index in [1.165, 1.54) is 0 Å². The van der Waals surface area contributed by atoms with Crippen LogP contribution in [0.2, 0.25) is 0 Å². The Bertz CT molecular complexity index is 117. The molecule has 0 aromatic rings. The summed E-state index contributed by atoms with van der Waals surface area (Å²) in [5.41, 5.74) is 4.87. The summed E-state index contributed by atoms with van der Waals surface area (Å²) in [6, 6.07) is -1.60. The Morgan fingerprint density at radius 1 is 1.40 bits per heavy atom. The first-order chi connectivity index (χ1) is 4.50. The Morgan fingerprint density at radius 2 is 1.90 bits per heavy atom. The maximum atomic E-state index is 11.7. The number of rotatable bonds is 2. The summed E-state index contributed by atoms with van der Waals surface area (Å²) in [7, 11) is 0. The molecule has 1 fully saturated rings. The second-order valence-electron chi connectivity index (χ2n) is 2.83. The minimum absolute atomic E-state index is 0.115. The van der Waals surface area contributed by atoms with E-state index in [0.29, 0.717) is 0 Å². The molecule has 1 atom stereocenters. The van der Waals surface area contributed by atoms with E-state index in [1.807, 2.05) is 0 Å². The predicted octanol–water partition coefficient (Wildman–Crippen LogP) is 1.68. The third kappa shape index (κ3) is 2.17. The van der Waals surface area contributed by atoms with Gasteiger partial charge in [0.15, 0.2) is 0 Å². The Balaban J connectivity index is 2.25. The van der Waals surface area contributed by atoms with E-state index < -0.39 is 12.2 Å². The molecule has 0 spiro atoms. The van der Waals surface area contributed by atoms with Crippen molar-refractivity contribution < 1.29 is 13.2 Å². The first-order valence-electron chi connectivity index (χ1n) is 3.32. The highest BCUT2D eigenvalue weighted by Gasteiger charge is 2.39. The largest absolute Gasteiger partial charge is 0.403 e. The Kier molecular flexibility index (Phi) is 1.90. The lowest BCUT2D eigenvalue weighted by Gasteiger charge is -2.14. The summed E-state index contributed by atoms with van der Waals surface area (Å²) in [6.07, 6.45) is -2.24. The SMILES string of the molecule is N[C@@H](CC1CC1)C(F)(F)F. The summed E-state index contributed by atoms with van der Waals surface area (Å²) in [4.78, 5) is 0. The lowest BCUT2D eigenvalue weighted by atomic mass is 10.1. The highest BCUT2D eigenvalue weighted by molar-refractivity contribution is 4.81. The van der Waals surface area contributed by atoms with Crippen LogP contribution in [-0.2, 0) is 0 Å². The molecule has 0 aromatic carbocycles. The molecule has 10 heavy (non-hydrogen) atoms. The van der Waals surface area contributed by atoms with Crippen LogP contribution in [0.1, 0.15) is 19.3 Å². The highest BCUT2D eigenvalue weighted by Crippen LogP contribution is 2.36. The lowest BCUT2D eigenvalue weighted by Crippen LogP contribution is -2.37. The molecule has 4 heteroatoms. The number of halogens is 3. The van der Waals surface area contributed by atoms with Gasteiger partial charge in [0.1, 0.15) is 6.04 Å². The Labute approximate surface area is 57.4 Å². The van der Waals surface area contributed by atoms with Crippen LogP contribution in [0, 0.1) is 5.92 Å². The number of alkyl halides is 3. The Morgan fingerprint density at radius 3 is 2.20 bits per heavy atom. The smallest absolute Gasteiger partial charge is 0.320 e. The third-order valence-corrected chi connectivity index (χ3v) is 1.70. The second kappa shape index (κ2) is 2.42.